The molecule has 0 aliphatic carbocycles. The molecule has 1 amide bonds. The van der Waals surface area contributed by atoms with E-state index in [1.807, 2.05) is 32.9 Å². The maximum Gasteiger partial charge on any atom is 0.407 e. The molecule has 1 rings (SSSR count). The summed E-state index contributed by atoms with van der Waals surface area (Å²) in [6.07, 6.45) is 2.14. The molecule has 0 spiro atoms. The summed E-state index contributed by atoms with van der Waals surface area (Å²) in [5, 5.41) is 5.89. The van der Waals surface area contributed by atoms with Gasteiger partial charge < -0.3 is 15.4 Å². The van der Waals surface area contributed by atoms with Crippen LogP contribution in [-0.2, 0) is 4.74 Å². The van der Waals surface area contributed by atoms with E-state index in [4.69, 9.17) is 4.74 Å². The monoisotopic (exact) mass is 329 g/mol. The van der Waals surface area contributed by atoms with E-state index in [-0.39, 0.29) is 6.09 Å². The number of hydrogen-bond donors (Lipinski definition) is 2. The topological polar surface area (TPSA) is 63.2 Å². The number of carbonyl (C=O) groups is 1. The highest BCUT2D eigenvalue weighted by atomic mass is 79.9. The summed E-state index contributed by atoms with van der Waals surface area (Å²) in [4.78, 5) is 15.6. The molecule has 0 bridgehead atoms. The van der Waals surface area contributed by atoms with E-state index in [1.165, 1.54) is 0 Å². The molecule has 0 unspecified atom stereocenters. The third-order valence-electron chi connectivity index (χ3n) is 2.07. The van der Waals surface area contributed by atoms with E-state index in [0.717, 1.165) is 23.3 Å². The number of alkyl carbamates (subject to hydrolysis) is 1. The van der Waals surface area contributed by atoms with Crippen molar-refractivity contribution in [3.8, 4) is 0 Å². The minimum Gasteiger partial charge on any atom is -0.444 e. The van der Waals surface area contributed by atoms with Gasteiger partial charge in [0.15, 0.2) is 0 Å². The zero-order valence-corrected chi connectivity index (χ0v) is 13.1. The van der Waals surface area contributed by atoms with Crippen molar-refractivity contribution in [1.82, 2.24) is 10.3 Å². The fourth-order valence-corrected chi connectivity index (χ4v) is 1.71. The van der Waals surface area contributed by atoms with Gasteiger partial charge in [0.05, 0.1) is 4.47 Å². The van der Waals surface area contributed by atoms with Crippen LogP contribution in [0.15, 0.2) is 22.8 Å². The summed E-state index contributed by atoms with van der Waals surface area (Å²) < 4.78 is 6.06. The van der Waals surface area contributed by atoms with Crippen LogP contribution in [0.2, 0.25) is 0 Å². The fraction of sp³-hybridized carbons (Fsp3) is 0.538. The van der Waals surface area contributed by atoms with Gasteiger partial charge in [0.2, 0.25) is 0 Å². The molecule has 0 radical (unpaired) electrons. The molecule has 106 valence electrons. The summed E-state index contributed by atoms with van der Waals surface area (Å²) >= 11 is 3.41. The number of rotatable bonds is 5. The third kappa shape index (κ3) is 7.00. The molecule has 6 heteroatoms. The Morgan fingerprint density at radius 3 is 2.79 bits per heavy atom. The summed E-state index contributed by atoms with van der Waals surface area (Å²) in [5.41, 5.74) is -0.457. The van der Waals surface area contributed by atoms with Gasteiger partial charge in [-0.2, -0.15) is 0 Å². The first-order valence-electron chi connectivity index (χ1n) is 6.20. The number of anilines is 1. The molecule has 0 fully saturated rings. The van der Waals surface area contributed by atoms with Gasteiger partial charge in [0.25, 0.3) is 0 Å². The molecule has 0 atom stereocenters. The van der Waals surface area contributed by atoms with Crippen LogP contribution in [0.25, 0.3) is 0 Å². The number of hydrogen-bond acceptors (Lipinski definition) is 4. The predicted molar refractivity (Wildman–Crippen MR) is 79.3 cm³/mol. The Bertz CT molecular complexity index is 419. The highest BCUT2D eigenvalue weighted by Gasteiger charge is 2.15. The lowest BCUT2D eigenvalue weighted by molar-refractivity contribution is 0.0528. The van der Waals surface area contributed by atoms with Crippen molar-refractivity contribution in [2.45, 2.75) is 32.8 Å². The van der Waals surface area contributed by atoms with E-state index in [2.05, 4.69) is 31.5 Å². The van der Waals surface area contributed by atoms with Crippen LogP contribution >= 0.6 is 15.9 Å². The number of aromatic nitrogens is 1. The molecule has 5 nitrogen and oxygen atoms in total. The van der Waals surface area contributed by atoms with Crippen molar-refractivity contribution in [1.29, 1.82) is 0 Å². The van der Waals surface area contributed by atoms with Gasteiger partial charge in [-0.3, -0.25) is 0 Å². The van der Waals surface area contributed by atoms with Crippen molar-refractivity contribution in [2.75, 3.05) is 18.4 Å². The van der Waals surface area contributed by atoms with Crippen molar-refractivity contribution in [3.63, 3.8) is 0 Å². The molecule has 1 aromatic rings. The van der Waals surface area contributed by atoms with E-state index < -0.39 is 5.60 Å². The van der Waals surface area contributed by atoms with Crippen LogP contribution < -0.4 is 10.6 Å². The number of nitrogens with zero attached hydrogens (tertiary/aromatic N) is 1. The molecule has 0 saturated heterocycles. The Morgan fingerprint density at radius 2 is 2.16 bits per heavy atom. The second kappa shape index (κ2) is 7.33. The van der Waals surface area contributed by atoms with Crippen LogP contribution in [0.1, 0.15) is 27.2 Å². The lowest BCUT2D eigenvalue weighted by Crippen LogP contribution is -2.33. The lowest BCUT2D eigenvalue weighted by atomic mass is 10.2. The molecule has 1 heterocycles. The SMILES string of the molecule is CC(C)(C)OC(=O)NCCCNc1ncccc1Br. The summed E-state index contributed by atoms with van der Waals surface area (Å²) in [5.74, 6) is 0.805. The molecular formula is C13H20BrN3O2. The van der Waals surface area contributed by atoms with Crippen LogP contribution in [0.5, 0.6) is 0 Å². The number of pyridine rings is 1. The molecular weight excluding hydrogens is 310 g/mol. The number of ether oxygens (including phenoxy) is 1. The molecule has 0 saturated carbocycles. The Hall–Kier alpha value is -1.30. The normalized spacial score (nSPS) is 10.9. The number of carbonyl (C=O) groups excluding carboxylic acids is 1. The highest BCUT2D eigenvalue weighted by molar-refractivity contribution is 9.10. The van der Waals surface area contributed by atoms with Crippen molar-refractivity contribution >= 4 is 27.8 Å². The zero-order chi connectivity index (χ0) is 14.3. The van der Waals surface area contributed by atoms with Crippen molar-refractivity contribution in [2.24, 2.45) is 0 Å². The number of halogens is 1. The van der Waals surface area contributed by atoms with Gasteiger partial charge in [0.1, 0.15) is 11.4 Å². The highest BCUT2D eigenvalue weighted by Crippen LogP contribution is 2.17. The summed E-state index contributed by atoms with van der Waals surface area (Å²) in [6, 6.07) is 3.79. The first-order chi connectivity index (χ1) is 8.88. The predicted octanol–water partition coefficient (Wildman–Crippen LogP) is 3.17. The molecule has 1 aromatic heterocycles. The molecule has 0 aliphatic heterocycles. The van der Waals surface area contributed by atoms with Gasteiger partial charge in [0, 0.05) is 19.3 Å². The van der Waals surface area contributed by atoms with Crippen LogP contribution in [0, 0.1) is 0 Å². The van der Waals surface area contributed by atoms with Gasteiger partial charge in [-0.25, -0.2) is 9.78 Å². The largest absolute Gasteiger partial charge is 0.444 e. The van der Waals surface area contributed by atoms with E-state index in [9.17, 15) is 4.79 Å². The molecule has 0 aliphatic rings. The number of nitrogens with one attached hydrogen (secondary N) is 2. The minimum absolute atomic E-state index is 0.383. The number of amides is 1. The second-order valence-corrected chi connectivity index (χ2v) is 5.90. The third-order valence-corrected chi connectivity index (χ3v) is 2.71. The maximum absolute atomic E-state index is 11.4. The average molecular weight is 330 g/mol. The lowest BCUT2D eigenvalue weighted by Gasteiger charge is -2.19. The van der Waals surface area contributed by atoms with Gasteiger partial charge in [-0.05, 0) is 55.3 Å². The van der Waals surface area contributed by atoms with E-state index in [0.29, 0.717) is 6.54 Å². The Labute approximate surface area is 122 Å². The average Bonchev–Trinajstić information content (AvgIpc) is 2.28. The second-order valence-electron chi connectivity index (χ2n) is 5.04. The van der Waals surface area contributed by atoms with Gasteiger partial charge in [-0.15, -0.1) is 0 Å². The summed E-state index contributed by atoms with van der Waals surface area (Å²) in [6.45, 7) is 6.81. The fourth-order valence-electron chi connectivity index (χ4n) is 1.32. The Morgan fingerprint density at radius 1 is 1.42 bits per heavy atom. The summed E-state index contributed by atoms with van der Waals surface area (Å²) in [7, 11) is 0. The quantitative estimate of drug-likeness (QED) is 0.814. The van der Waals surface area contributed by atoms with Crippen LogP contribution in [0.3, 0.4) is 0 Å². The van der Waals surface area contributed by atoms with E-state index in [1.54, 1.807) is 6.20 Å². The van der Waals surface area contributed by atoms with Crippen molar-refractivity contribution < 1.29 is 9.53 Å². The maximum atomic E-state index is 11.4. The Kier molecular flexibility index (Phi) is 6.08. The van der Waals surface area contributed by atoms with Crippen LogP contribution in [-0.4, -0.2) is 29.8 Å². The minimum atomic E-state index is -0.457. The Balaban J connectivity index is 2.15. The smallest absolute Gasteiger partial charge is 0.407 e. The van der Waals surface area contributed by atoms with E-state index >= 15 is 0 Å². The van der Waals surface area contributed by atoms with Gasteiger partial charge in [-0.1, -0.05) is 0 Å². The first-order valence-corrected chi connectivity index (χ1v) is 6.99. The first kappa shape index (κ1) is 15.8. The molecule has 19 heavy (non-hydrogen) atoms. The van der Waals surface area contributed by atoms with Crippen molar-refractivity contribution in [3.05, 3.63) is 22.8 Å². The van der Waals surface area contributed by atoms with Crippen LogP contribution in [0.4, 0.5) is 10.6 Å². The zero-order valence-electron chi connectivity index (χ0n) is 11.5. The molecule has 0 aromatic carbocycles. The standard InChI is InChI=1S/C13H20BrN3O2/c1-13(2,3)19-12(18)17-9-5-8-16-11-10(14)6-4-7-15-11/h4,6-7H,5,8-9H2,1-3H3,(H,15,16)(H,17,18). The molecule has 2 N–H and O–H groups in total. The van der Waals surface area contributed by atoms with Gasteiger partial charge >= 0.3 is 6.09 Å².